The number of thiophene rings is 2. The Morgan fingerprint density at radius 3 is 1.57 bits per heavy atom. The molecule has 6 heteroatoms. The summed E-state index contributed by atoms with van der Waals surface area (Å²) in [5, 5.41) is 3.78. The van der Waals surface area contributed by atoms with Gasteiger partial charge in [-0.15, -0.1) is 22.7 Å². The molecule has 0 bridgehead atoms. The number of hydrogen-bond acceptors (Lipinski definition) is 5. The Morgan fingerprint density at radius 1 is 0.400 bits per heavy atom. The van der Waals surface area contributed by atoms with Crippen LogP contribution in [0.25, 0.3) is 36.3 Å². The van der Waals surface area contributed by atoms with E-state index in [0.29, 0.717) is 6.42 Å². The number of nitrogens with zero attached hydrogens (tertiary/aromatic N) is 3. The van der Waals surface area contributed by atoms with Crippen LogP contribution in [0, 0.1) is 5.82 Å². The Hall–Kier alpha value is -6.99. The predicted molar refractivity (Wildman–Crippen MR) is 255 cm³/mol. The van der Waals surface area contributed by atoms with E-state index in [-0.39, 0.29) is 11.9 Å². The molecule has 2 aromatic heterocycles. The first-order valence-electron chi connectivity index (χ1n) is 20.2. The molecule has 8 aromatic carbocycles. The maximum absolute atomic E-state index is 14.7. The van der Waals surface area contributed by atoms with Gasteiger partial charge in [0, 0.05) is 92.6 Å². The lowest BCUT2D eigenvalue weighted by Crippen LogP contribution is -2.29. The van der Waals surface area contributed by atoms with Crippen molar-refractivity contribution >= 4 is 98.8 Å². The van der Waals surface area contributed by atoms with Crippen molar-refractivity contribution < 1.29 is 4.39 Å². The van der Waals surface area contributed by atoms with Gasteiger partial charge in [-0.3, -0.25) is 0 Å². The summed E-state index contributed by atoms with van der Waals surface area (Å²) in [7, 11) is 0. The molecule has 0 radical (unpaired) electrons. The van der Waals surface area contributed by atoms with E-state index < -0.39 is 0 Å². The van der Waals surface area contributed by atoms with Crippen molar-refractivity contribution in [3.8, 4) is 0 Å². The molecular formula is C54H38FN3S2. The number of para-hydroxylation sites is 4. The van der Waals surface area contributed by atoms with Gasteiger partial charge in [-0.25, -0.2) is 4.39 Å². The van der Waals surface area contributed by atoms with Crippen LogP contribution in [0.4, 0.5) is 44.2 Å². The zero-order chi connectivity index (χ0) is 40.0. The van der Waals surface area contributed by atoms with E-state index in [9.17, 15) is 4.39 Å². The molecular weight excluding hydrogens is 774 g/mol. The Morgan fingerprint density at radius 2 is 0.900 bits per heavy atom. The fourth-order valence-electron chi connectivity index (χ4n) is 8.81. The van der Waals surface area contributed by atoms with Crippen LogP contribution in [-0.4, -0.2) is 0 Å². The van der Waals surface area contributed by atoms with Crippen molar-refractivity contribution in [1.29, 1.82) is 0 Å². The molecule has 0 amide bonds. The molecule has 1 aliphatic carbocycles. The topological polar surface area (TPSA) is 9.72 Å². The van der Waals surface area contributed by atoms with E-state index in [1.54, 1.807) is 12.1 Å². The monoisotopic (exact) mass is 811 g/mol. The third-order valence-electron chi connectivity index (χ3n) is 11.4. The highest BCUT2D eigenvalue weighted by Gasteiger charge is 2.34. The first-order valence-corrected chi connectivity index (χ1v) is 21.8. The first-order chi connectivity index (χ1) is 29.7. The summed E-state index contributed by atoms with van der Waals surface area (Å²) < 4.78 is 18.4. The van der Waals surface area contributed by atoms with E-state index in [4.69, 9.17) is 0 Å². The highest BCUT2D eigenvalue weighted by atomic mass is 32.1. The van der Waals surface area contributed by atoms with Gasteiger partial charge >= 0.3 is 0 Å². The molecule has 0 fully saturated rings. The van der Waals surface area contributed by atoms with Gasteiger partial charge in [-0.2, -0.15) is 0 Å². The quantitative estimate of drug-likeness (QED) is 0.144. The maximum Gasteiger partial charge on any atom is 0.123 e. The molecule has 60 heavy (non-hydrogen) atoms. The smallest absolute Gasteiger partial charge is 0.123 e. The van der Waals surface area contributed by atoms with Gasteiger partial charge < -0.3 is 14.7 Å². The molecule has 0 aliphatic heterocycles. The Labute approximate surface area is 356 Å². The summed E-state index contributed by atoms with van der Waals surface area (Å²) in [5.74, 6) is -0.254. The van der Waals surface area contributed by atoms with Gasteiger partial charge in [0.15, 0.2) is 0 Å². The third-order valence-corrected chi connectivity index (χ3v) is 13.7. The van der Waals surface area contributed by atoms with Crippen molar-refractivity contribution in [2.75, 3.05) is 14.7 Å². The predicted octanol–water partition coefficient (Wildman–Crippen LogP) is 16.3. The van der Waals surface area contributed by atoms with Crippen molar-refractivity contribution in [3.63, 3.8) is 0 Å². The van der Waals surface area contributed by atoms with Crippen molar-refractivity contribution in [2.45, 2.75) is 12.5 Å². The number of rotatable bonds is 9. The fraction of sp³-hybridized carbons (Fsp3) is 0.0370. The van der Waals surface area contributed by atoms with Crippen molar-refractivity contribution in [3.05, 3.63) is 228 Å². The molecule has 2 heterocycles. The second kappa shape index (κ2) is 15.3. The van der Waals surface area contributed by atoms with Crippen LogP contribution in [0.5, 0.6) is 0 Å². The summed E-state index contributed by atoms with van der Waals surface area (Å²) in [6, 6.07) is 71.8. The summed E-state index contributed by atoms with van der Waals surface area (Å²) in [4.78, 5) is 8.40. The zero-order valence-electron chi connectivity index (χ0n) is 32.5. The van der Waals surface area contributed by atoms with E-state index in [0.717, 1.165) is 39.8 Å². The van der Waals surface area contributed by atoms with Crippen LogP contribution in [0.1, 0.15) is 22.9 Å². The number of anilines is 7. The average molecular weight is 812 g/mol. The van der Waals surface area contributed by atoms with Crippen molar-refractivity contribution in [1.82, 2.24) is 0 Å². The van der Waals surface area contributed by atoms with Gasteiger partial charge in [-0.1, -0.05) is 97.1 Å². The van der Waals surface area contributed by atoms with Crippen LogP contribution in [0.3, 0.4) is 0 Å². The van der Waals surface area contributed by atoms with Gasteiger partial charge in [0.1, 0.15) is 5.82 Å². The Kier molecular flexibility index (Phi) is 9.22. The molecule has 0 saturated carbocycles. The van der Waals surface area contributed by atoms with E-state index in [1.807, 2.05) is 34.8 Å². The lowest BCUT2D eigenvalue weighted by molar-refractivity contribution is 0.626. The number of hydrogen-bond donors (Lipinski definition) is 0. The largest absolute Gasteiger partial charge is 0.333 e. The summed E-state index contributed by atoms with van der Waals surface area (Å²) in [6.07, 6.45) is 3.11. The number of halogens is 1. The van der Waals surface area contributed by atoms with E-state index in [2.05, 4.69) is 203 Å². The zero-order valence-corrected chi connectivity index (χ0v) is 34.2. The van der Waals surface area contributed by atoms with Gasteiger partial charge in [0.2, 0.25) is 0 Å². The fourth-order valence-corrected chi connectivity index (χ4v) is 11.2. The molecule has 10 aromatic rings. The molecule has 1 unspecified atom stereocenters. The molecule has 1 atom stereocenters. The maximum atomic E-state index is 14.7. The van der Waals surface area contributed by atoms with Crippen molar-refractivity contribution in [2.24, 2.45) is 0 Å². The summed E-state index contributed by atoms with van der Waals surface area (Å²) >= 11 is 3.68. The second-order valence-electron chi connectivity index (χ2n) is 15.1. The molecule has 0 N–H and O–H groups in total. The minimum atomic E-state index is -0.254. The molecule has 11 rings (SSSR count). The standard InChI is InChI=1S/C54H38FN3S2/c55-37-25-27-42(28-26-37)58(41-21-11-4-12-22-41)49-34-45(57(40-19-9-3-10-20-40)44-29-31-47-46-23-13-14-24-50(46)59-52(47)35-44)36-53-54(49)48-33-43(30-32-51(48)60-53)56(38-15-5-1-6-16-38)39-17-7-2-8-18-39/h1-33,35-36,49H,34H2. The minimum absolute atomic E-state index is 0.141. The first kappa shape index (κ1) is 36.1. The SMILES string of the molecule is Fc1ccc(N(c2ccccc2)C2CC(N(c3ccccc3)c3ccc4c(c3)sc3ccccc34)=Cc3sc4ccc(N(c5ccccc5)c5ccccc5)cc4c32)cc1. The van der Waals surface area contributed by atoms with Crippen LogP contribution >= 0.6 is 22.7 Å². The highest BCUT2D eigenvalue weighted by Crippen LogP contribution is 2.52. The summed E-state index contributed by atoms with van der Waals surface area (Å²) in [5.41, 5.74) is 9.93. The van der Waals surface area contributed by atoms with Crippen LogP contribution < -0.4 is 14.7 Å². The number of fused-ring (bicyclic) bond motifs is 6. The minimum Gasteiger partial charge on any atom is -0.333 e. The highest BCUT2D eigenvalue weighted by molar-refractivity contribution is 7.25. The van der Waals surface area contributed by atoms with E-state index >= 15 is 0 Å². The third kappa shape index (κ3) is 6.51. The Bertz CT molecular complexity index is 3100. The lowest BCUT2D eigenvalue weighted by Gasteiger charge is -2.39. The lowest BCUT2D eigenvalue weighted by atomic mass is 9.90. The summed E-state index contributed by atoms with van der Waals surface area (Å²) in [6.45, 7) is 0. The van der Waals surface area contributed by atoms with E-state index in [1.165, 1.54) is 46.4 Å². The average Bonchev–Trinajstić information content (AvgIpc) is 3.86. The normalized spacial score (nSPS) is 13.6. The molecule has 0 spiro atoms. The Balaban J connectivity index is 1.14. The number of benzene rings is 8. The van der Waals surface area contributed by atoms with Gasteiger partial charge in [-0.05, 0) is 115 Å². The molecule has 1 aliphatic rings. The van der Waals surface area contributed by atoms with Crippen LogP contribution in [-0.2, 0) is 0 Å². The van der Waals surface area contributed by atoms with Gasteiger partial charge in [0.25, 0.3) is 0 Å². The molecule has 3 nitrogen and oxygen atoms in total. The van der Waals surface area contributed by atoms with Crippen LogP contribution in [0.15, 0.2) is 212 Å². The van der Waals surface area contributed by atoms with Gasteiger partial charge in [0.05, 0.1) is 6.04 Å². The van der Waals surface area contributed by atoms with Crippen LogP contribution in [0.2, 0.25) is 0 Å². The second-order valence-corrected chi connectivity index (χ2v) is 17.2. The molecule has 0 saturated heterocycles. The molecule has 288 valence electrons.